The van der Waals surface area contributed by atoms with Gasteiger partial charge in [0.2, 0.25) is 0 Å². The van der Waals surface area contributed by atoms with Crippen molar-refractivity contribution >= 4 is 33.8 Å². The quantitative estimate of drug-likeness (QED) is 0.664. The Bertz CT molecular complexity index is 680. The Labute approximate surface area is 116 Å². The first-order chi connectivity index (χ1) is 8.63. The third kappa shape index (κ3) is 1.36. The summed E-state index contributed by atoms with van der Waals surface area (Å²) in [5.41, 5.74) is 6.45. The maximum absolute atomic E-state index is 2.45. The van der Waals surface area contributed by atoms with Crippen LogP contribution in [-0.4, -0.2) is 0 Å². The molecule has 0 radical (unpaired) electrons. The molecule has 2 aliphatic carbocycles. The molecule has 0 spiro atoms. The molecule has 18 heavy (non-hydrogen) atoms. The molecule has 0 saturated carbocycles. The molecule has 2 heteroatoms. The molecule has 0 saturated heterocycles. The highest BCUT2D eigenvalue weighted by molar-refractivity contribution is 7.15. The molecule has 0 unspecified atom stereocenters. The van der Waals surface area contributed by atoms with Gasteiger partial charge in [0.25, 0.3) is 0 Å². The summed E-state index contributed by atoms with van der Waals surface area (Å²) in [7, 11) is 0. The van der Waals surface area contributed by atoms with Crippen molar-refractivity contribution in [3.63, 3.8) is 0 Å². The minimum atomic E-state index is 0.669. The highest BCUT2D eigenvalue weighted by Crippen LogP contribution is 2.52. The summed E-state index contributed by atoms with van der Waals surface area (Å²) < 4.78 is 0. The van der Waals surface area contributed by atoms with Crippen LogP contribution in [-0.2, 0) is 12.8 Å². The van der Waals surface area contributed by atoms with E-state index in [9.17, 15) is 0 Å². The van der Waals surface area contributed by atoms with Crippen LogP contribution in [0.1, 0.15) is 50.4 Å². The molecule has 2 aromatic heterocycles. The fraction of sp³-hybridized carbons (Fsp3) is 0.375. The second kappa shape index (κ2) is 3.58. The van der Waals surface area contributed by atoms with Gasteiger partial charge in [-0.1, -0.05) is 13.8 Å². The maximum Gasteiger partial charge on any atom is 0.0347 e. The van der Waals surface area contributed by atoms with Crippen LogP contribution >= 0.6 is 22.7 Å². The molecule has 0 aliphatic heterocycles. The topological polar surface area (TPSA) is 0 Å². The first kappa shape index (κ1) is 11.0. The number of hydrogen-bond acceptors (Lipinski definition) is 2. The van der Waals surface area contributed by atoms with E-state index in [1.54, 1.807) is 36.9 Å². The van der Waals surface area contributed by atoms with Gasteiger partial charge in [-0.25, -0.2) is 0 Å². The molecule has 4 rings (SSSR count). The molecule has 0 aromatic carbocycles. The highest BCUT2D eigenvalue weighted by atomic mass is 32.1. The second-order valence-electron chi connectivity index (χ2n) is 5.68. The molecule has 0 N–H and O–H groups in total. The zero-order chi connectivity index (χ0) is 12.4. The van der Waals surface area contributed by atoms with Crippen LogP contribution in [0.4, 0.5) is 0 Å². The molecule has 0 fully saturated rings. The minimum absolute atomic E-state index is 0.669. The molecule has 92 valence electrons. The highest BCUT2D eigenvalue weighted by Gasteiger charge is 2.32. The Morgan fingerprint density at radius 2 is 1.56 bits per heavy atom. The SMILES string of the molecule is Cc1cc2c(s1)C1=C(C2)c2sc(C(C)C)cc2C1. The summed E-state index contributed by atoms with van der Waals surface area (Å²) >= 11 is 4.02. The van der Waals surface area contributed by atoms with Gasteiger partial charge in [0.15, 0.2) is 0 Å². The zero-order valence-electron chi connectivity index (χ0n) is 11.0. The molecular weight excluding hydrogens is 256 g/mol. The summed E-state index contributed by atoms with van der Waals surface area (Å²) in [6, 6.07) is 4.83. The fourth-order valence-electron chi connectivity index (χ4n) is 3.10. The Morgan fingerprint density at radius 3 is 2.22 bits per heavy atom. The summed E-state index contributed by atoms with van der Waals surface area (Å²) in [6.07, 6.45) is 2.36. The first-order valence-electron chi connectivity index (χ1n) is 6.58. The fourth-order valence-corrected chi connectivity index (χ4v) is 5.46. The first-order valence-corrected chi connectivity index (χ1v) is 8.21. The predicted octanol–water partition coefficient (Wildman–Crippen LogP) is 5.26. The standard InChI is InChI=1S/C16H16S2/c1-8(2)14-7-11-6-12-13(16(11)18-14)5-10-4-9(3)17-15(10)12/h4,7-8H,5-6H2,1-3H3. The van der Waals surface area contributed by atoms with Gasteiger partial charge in [0.1, 0.15) is 0 Å². The third-order valence-electron chi connectivity index (χ3n) is 3.98. The van der Waals surface area contributed by atoms with Gasteiger partial charge in [-0.05, 0) is 47.2 Å². The van der Waals surface area contributed by atoms with Gasteiger partial charge in [-0.2, -0.15) is 0 Å². The Morgan fingerprint density at radius 1 is 0.944 bits per heavy atom. The molecule has 0 atom stereocenters. The van der Waals surface area contributed by atoms with Gasteiger partial charge in [0, 0.05) is 32.4 Å². The summed E-state index contributed by atoms with van der Waals surface area (Å²) in [5, 5.41) is 0. The minimum Gasteiger partial charge on any atom is -0.141 e. The van der Waals surface area contributed by atoms with Crippen molar-refractivity contribution in [3.8, 4) is 0 Å². The molecule has 0 amide bonds. The van der Waals surface area contributed by atoms with E-state index in [2.05, 4.69) is 32.9 Å². The van der Waals surface area contributed by atoms with Crippen molar-refractivity contribution in [1.29, 1.82) is 0 Å². The third-order valence-corrected chi connectivity index (χ3v) is 6.67. The summed E-state index contributed by atoms with van der Waals surface area (Å²) in [5.74, 6) is 0.669. The van der Waals surface area contributed by atoms with Gasteiger partial charge in [-0.3, -0.25) is 0 Å². The average Bonchev–Trinajstić information content (AvgIpc) is 2.95. The van der Waals surface area contributed by atoms with Crippen molar-refractivity contribution in [1.82, 2.24) is 0 Å². The van der Waals surface area contributed by atoms with Crippen LogP contribution in [0.15, 0.2) is 12.1 Å². The summed E-state index contributed by atoms with van der Waals surface area (Å²) in [4.78, 5) is 6.19. The van der Waals surface area contributed by atoms with E-state index in [1.165, 1.54) is 17.7 Å². The average molecular weight is 272 g/mol. The number of hydrogen-bond donors (Lipinski definition) is 0. The van der Waals surface area contributed by atoms with Gasteiger partial charge in [-0.15, -0.1) is 22.7 Å². The molecular formula is C16H16S2. The number of allylic oxidation sites excluding steroid dienone is 2. The van der Waals surface area contributed by atoms with E-state index in [0.717, 1.165) is 0 Å². The van der Waals surface area contributed by atoms with Crippen LogP contribution in [0.5, 0.6) is 0 Å². The van der Waals surface area contributed by atoms with Gasteiger partial charge >= 0.3 is 0 Å². The van der Waals surface area contributed by atoms with Crippen LogP contribution in [0.3, 0.4) is 0 Å². The number of fused-ring (bicyclic) bond motifs is 4. The van der Waals surface area contributed by atoms with E-state index in [4.69, 9.17) is 0 Å². The van der Waals surface area contributed by atoms with Crippen molar-refractivity contribution in [2.24, 2.45) is 0 Å². The Kier molecular flexibility index (Phi) is 2.19. The number of thiophene rings is 2. The molecule has 0 nitrogen and oxygen atoms in total. The van der Waals surface area contributed by atoms with E-state index >= 15 is 0 Å². The van der Waals surface area contributed by atoms with Gasteiger partial charge < -0.3 is 0 Å². The Hall–Kier alpha value is -0.860. The van der Waals surface area contributed by atoms with Crippen LogP contribution < -0.4 is 0 Å². The lowest BCUT2D eigenvalue weighted by atomic mass is 10.1. The lowest BCUT2D eigenvalue weighted by molar-refractivity contribution is 0.888. The van der Waals surface area contributed by atoms with E-state index < -0.39 is 0 Å². The predicted molar refractivity (Wildman–Crippen MR) is 81.7 cm³/mol. The molecule has 2 aliphatic rings. The smallest absolute Gasteiger partial charge is 0.0347 e. The van der Waals surface area contributed by atoms with E-state index in [-0.39, 0.29) is 0 Å². The number of aryl methyl sites for hydroxylation is 1. The van der Waals surface area contributed by atoms with Crippen molar-refractivity contribution in [3.05, 3.63) is 42.8 Å². The lowest BCUT2D eigenvalue weighted by Gasteiger charge is -2.00. The molecule has 2 aromatic rings. The second-order valence-corrected chi connectivity index (χ2v) is 8.02. The zero-order valence-corrected chi connectivity index (χ0v) is 12.6. The lowest BCUT2D eigenvalue weighted by Crippen LogP contribution is -1.84. The van der Waals surface area contributed by atoms with Crippen LogP contribution in [0.25, 0.3) is 11.1 Å². The van der Waals surface area contributed by atoms with Crippen molar-refractivity contribution in [2.45, 2.75) is 39.5 Å². The Balaban J connectivity index is 1.82. The van der Waals surface area contributed by atoms with Crippen LogP contribution in [0, 0.1) is 6.92 Å². The van der Waals surface area contributed by atoms with Crippen molar-refractivity contribution in [2.75, 3.05) is 0 Å². The van der Waals surface area contributed by atoms with Crippen LogP contribution in [0.2, 0.25) is 0 Å². The van der Waals surface area contributed by atoms with E-state index in [0.29, 0.717) is 5.92 Å². The summed E-state index contributed by atoms with van der Waals surface area (Å²) in [6.45, 7) is 6.82. The largest absolute Gasteiger partial charge is 0.141 e. The maximum atomic E-state index is 2.45. The number of rotatable bonds is 1. The van der Waals surface area contributed by atoms with E-state index in [1.807, 2.05) is 22.7 Å². The monoisotopic (exact) mass is 272 g/mol. The molecule has 0 bridgehead atoms. The van der Waals surface area contributed by atoms with Crippen molar-refractivity contribution < 1.29 is 0 Å². The van der Waals surface area contributed by atoms with Gasteiger partial charge in [0.05, 0.1) is 0 Å². The normalized spacial score (nSPS) is 16.4. The molecule has 2 heterocycles.